The molecule has 6 nitrogen and oxygen atoms in total. The molecular weight excluding hydrogens is 419 g/mol. The number of rotatable bonds is 6. The van der Waals surface area contributed by atoms with Crippen molar-refractivity contribution < 1.29 is 14.0 Å². The van der Waals surface area contributed by atoms with Crippen LogP contribution in [0.25, 0.3) is 11.1 Å². The smallest absolute Gasteiger partial charge is 0.257 e. The summed E-state index contributed by atoms with van der Waals surface area (Å²) in [6.45, 7) is 3.16. The Morgan fingerprint density at radius 3 is 2.64 bits per heavy atom. The number of nitrogens with two attached hydrogens (primary N) is 1. The molecule has 0 unspecified atom stereocenters. The largest absolute Gasteiger partial charge is 0.383 e. The first-order valence-corrected chi connectivity index (χ1v) is 11.0. The van der Waals surface area contributed by atoms with E-state index in [4.69, 9.17) is 5.73 Å². The molecule has 1 atom stereocenters. The lowest BCUT2D eigenvalue weighted by molar-refractivity contribution is -0.130. The van der Waals surface area contributed by atoms with Gasteiger partial charge in [-0.2, -0.15) is 0 Å². The lowest BCUT2D eigenvalue weighted by atomic mass is 9.79. The van der Waals surface area contributed by atoms with Crippen LogP contribution in [-0.2, 0) is 11.2 Å². The SMILES string of the molecule is CCNC(=O)[C@@]1(Cc2cccc(-c3ccc(F)cc3)c2)CCN(C(=O)c2cccnc2N)C1. The molecule has 1 aromatic heterocycles. The van der Waals surface area contributed by atoms with E-state index in [9.17, 15) is 14.0 Å². The number of amides is 2. The highest BCUT2D eigenvalue weighted by Gasteiger charge is 2.46. The molecule has 33 heavy (non-hydrogen) atoms. The second-order valence-corrected chi connectivity index (χ2v) is 8.44. The number of halogens is 1. The molecule has 1 saturated heterocycles. The highest BCUT2D eigenvalue weighted by Crippen LogP contribution is 2.36. The first kappa shape index (κ1) is 22.5. The lowest BCUT2D eigenvalue weighted by Crippen LogP contribution is -2.45. The third kappa shape index (κ3) is 4.72. The topological polar surface area (TPSA) is 88.3 Å². The number of aromatic nitrogens is 1. The minimum Gasteiger partial charge on any atom is -0.383 e. The number of hydrogen-bond donors (Lipinski definition) is 2. The van der Waals surface area contributed by atoms with E-state index in [0.29, 0.717) is 38.0 Å². The Hall–Kier alpha value is -3.74. The van der Waals surface area contributed by atoms with E-state index >= 15 is 0 Å². The maximum atomic E-state index is 13.3. The van der Waals surface area contributed by atoms with Gasteiger partial charge < -0.3 is 16.0 Å². The van der Waals surface area contributed by atoms with Gasteiger partial charge in [-0.15, -0.1) is 0 Å². The van der Waals surface area contributed by atoms with Gasteiger partial charge >= 0.3 is 0 Å². The van der Waals surface area contributed by atoms with Crippen LogP contribution in [0.4, 0.5) is 10.2 Å². The molecule has 7 heteroatoms. The summed E-state index contributed by atoms with van der Waals surface area (Å²) in [4.78, 5) is 32.0. The summed E-state index contributed by atoms with van der Waals surface area (Å²) in [5.74, 6) is -0.376. The van der Waals surface area contributed by atoms with Crippen LogP contribution in [-0.4, -0.2) is 41.3 Å². The molecule has 3 N–H and O–H groups in total. The molecule has 0 radical (unpaired) electrons. The van der Waals surface area contributed by atoms with Gasteiger partial charge in [-0.1, -0.05) is 36.4 Å². The van der Waals surface area contributed by atoms with E-state index in [-0.39, 0.29) is 23.4 Å². The van der Waals surface area contributed by atoms with Gasteiger partial charge in [-0.05, 0) is 60.7 Å². The van der Waals surface area contributed by atoms with Gasteiger partial charge in [-0.25, -0.2) is 9.37 Å². The third-order valence-corrected chi connectivity index (χ3v) is 6.18. The van der Waals surface area contributed by atoms with Crippen LogP contribution < -0.4 is 11.1 Å². The number of anilines is 1. The Morgan fingerprint density at radius 2 is 1.91 bits per heavy atom. The van der Waals surface area contributed by atoms with Crippen molar-refractivity contribution in [2.24, 2.45) is 5.41 Å². The van der Waals surface area contributed by atoms with Crippen LogP contribution in [0.15, 0.2) is 66.9 Å². The maximum absolute atomic E-state index is 13.3. The Morgan fingerprint density at radius 1 is 1.12 bits per heavy atom. The minimum atomic E-state index is -0.746. The summed E-state index contributed by atoms with van der Waals surface area (Å²) < 4.78 is 13.3. The van der Waals surface area contributed by atoms with Crippen molar-refractivity contribution in [3.8, 4) is 11.1 Å². The molecule has 170 valence electrons. The quantitative estimate of drug-likeness (QED) is 0.605. The predicted molar refractivity (Wildman–Crippen MR) is 126 cm³/mol. The average Bonchev–Trinajstić information content (AvgIpc) is 3.25. The molecule has 0 aliphatic carbocycles. The predicted octanol–water partition coefficient (Wildman–Crippen LogP) is 3.68. The summed E-state index contributed by atoms with van der Waals surface area (Å²) in [5.41, 5.74) is 8.35. The van der Waals surface area contributed by atoms with Crippen LogP contribution in [0.5, 0.6) is 0 Å². The van der Waals surface area contributed by atoms with Gasteiger partial charge in [0.1, 0.15) is 11.6 Å². The molecule has 2 aromatic carbocycles. The van der Waals surface area contributed by atoms with E-state index in [2.05, 4.69) is 10.3 Å². The number of hydrogen-bond acceptors (Lipinski definition) is 4. The number of nitrogen functional groups attached to an aromatic ring is 1. The van der Waals surface area contributed by atoms with Gasteiger partial charge in [0.15, 0.2) is 0 Å². The number of carbonyl (C=O) groups excluding carboxylic acids is 2. The van der Waals surface area contributed by atoms with Gasteiger partial charge in [0.25, 0.3) is 5.91 Å². The van der Waals surface area contributed by atoms with Crippen LogP contribution in [0.3, 0.4) is 0 Å². The number of likely N-dealkylation sites (tertiary alicyclic amines) is 1. The fourth-order valence-electron chi connectivity index (χ4n) is 4.47. The van der Waals surface area contributed by atoms with E-state index in [1.807, 2.05) is 31.2 Å². The molecule has 1 fully saturated rings. The van der Waals surface area contributed by atoms with Crippen LogP contribution in [0, 0.1) is 11.2 Å². The van der Waals surface area contributed by atoms with Gasteiger partial charge in [0.2, 0.25) is 5.91 Å². The van der Waals surface area contributed by atoms with Crippen LogP contribution >= 0.6 is 0 Å². The summed E-state index contributed by atoms with van der Waals surface area (Å²) >= 11 is 0. The van der Waals surface area contributed by atoms with Crippen molar-refractivity contribution in [3.05, 3.63) is 83.8 Å². The minimum absolute atomic E-state index is 0.0633. The van der Waals surface area contributed by atoms with Crippen molar-refractivity contribution in [3.63, 3.8) is 0 Å². The zero-order valence-corrected chi connectivity index (χ0v) is 18.6. The van der Waals surface area contributed by atoms with Gasteiger partial charge in [0.05, 0.1) is 11.0 Å². The first-order chi connectivity index (χ1) is 15.9. The van der Waals surface area contributed by atoms with Crippen molar-refractivity contribution in [2.75, 3.05) is 25.4 Å². The zero-order chi connectivity index (χ0) is 23.4. The Labute approximate surface area is 192 Å². The second-order valence-electron chi connectivity index (χ2n) is 8.44. The normalized spacial score (nSPS) is 17.7. The summed E-state index contributed by atoms with van der Waals surface area (Å²) in [6, 6.07) is 17.6. The van der Waals surface area contributed by atoms with E-state index in [1.165, 1.54) is 12.1 Å². The molecule has 3 aromatic rings. The molecule has 0 saturated carbocycles. The number of nitrogens with one attached hydrogen (secondary N) is 1. The number of carbonyl (C=O) groups is 2. The van der Waals surface area contributed by atoms with Crippen molar-refractivity contribution in [1.82, 2.24) is 15.2 Å². The number of nitrogens with zero attached hydrogens (tertiary/aromatic N) is 2. The molecule has 4 rings (SSSR count). The molecule has 0 spiro atoms. The molecule has 0 bridgehead atoms. The second kappa shape index (κ2) is 9.40. The van der Waals surface area contributed by atoms with E-state index < -0.39 is 5.41 Å². The lowest BCUT2D eigenvalue weighted by Gasteiger charge is -2.28. The van der Waals surface area contributed by atoms with Crippen molar-refractivity contribution in [1.29, 1.82) is 0 Å². The Kier molecular flexibility index (Phi) is 6.40. The van der Waals surface area contributed by atoms with Crippen LogP contribution in [0.2, 0.25) is 0 Å². The maximum Gasteiger partial charge on any atom is 0.257 e. The molecule has 1 aliphatic heterocycles. The summed E-state index contributed by atoms with van der Waals surface area (Å²) in [7, 11) is 0. The molecule has 2 heterocycles. The summed E-state index contributed by atoms with van der Waals surface area (Å²) in [5, 5.41) is 2.96. The van der Waals surface area contributed by atoms with Gasteiger partial charge in [-0.3, -0.25) is 9.59 Å². The zero-order valence-electron chi connectivity index (χ0n) is 18.6. The fraction of sp³-hybridized carbons (Fsp3) is 0.269. The van der Waals surface area contributed by atoms with Crippen molar-refractivity contribution in [2.45, 2.75) is 19.8 Å². The average molecular weight is 447 g/mol. The number of benzene rings is 2. The monoisotopic (exact) mass is 446 g/mol. The van der Waals surface area contributed by atoms with Crippen molar-refractivity contribution >= 4 is 17.6 Å². The van der Waals surface area contributed by atoms with E-state index in [1.54, 1.807) is 35.4 Å². The van der Waals surface area contributed by atoms with Gasteiger partial charge in [0, 0.05) is 25.8 Å². The molecule has 2 amide bonds. The third-order valence-electron chi connectivity index (χ3n) is 6.18. The Bertz CT molecular complexity index is 1160. The number of pyridine rings is 1. The Balaban J connectivity index is 1.60. The summed E-state index contributed by atoms with van der Waals surface area (Å²) in [6.07, 6.45) is 2.58. The fourth-order valence-corrected chi connectivity index (χ4v) is 4.47. The first-order valence-electron chi connectivity index (χ1n) is 11.0. The highest BCUT2D eigenvalue weighted by molar-refractivity contribution is 5.99. The molecular formula is C26H27FN4O2. The standard InChI is InChI=1S/C26H27FN4O2/c1-2-29-25(33)26(12-14-31(17-26)24(32)22-7-4-13-30-23(22)28)16-18-5-3-6-20(15-18)19-8-10-21(27)11-9-19/h3-11,13,15H,2,12,14,16-17H2,1H3,(H2,28,30)(H,29,33)/t26-/m1/s1. The van der Waals surface area contributed by atoms with E-state index in [0.717, 1.165) is 16.7 Å². The molecule has 1 aliphatic rings. The van der Waals surface area contributed by atoms with Crippen LogP contribution in [0.1, 0.15) is 29.3 Å². The highest BCUT2D eigenvalue weighted by atomic mass is 19.1.